The van der Waals surface area contributed by atoms with E-state index in [1.807, 2.05) is 0 Å². The summed E-state index contributed by atoms with van der Waals surface area (Å²) < 4.78 is 0. The Morgan fingerprint density at radius 1 is 1.71 bits per heavy atom. The van der Waals surface area contributed by atoms with Crippen LogP contribution in [0.4, 0.5) is 0 Å². The molecule has 1 amide bonds. The predicted octanol–water partition coefficient (Wildman–Crippen LogP) is 1.43. The van der Waals surface area contributed by atoms with Crippen LogP contribution in [-0.2, 0) is 0 Å². The zero-order valence-corrected chi connectivity index (χ0v) is 8.99. The number of rotatable bonds is 3. The number of aromatic amines is 1. The van der Waals surface area contributed by atoms with E-state index in [1.165, 1.54) is 6.07 Å². The standard InChI is InChI=1S/C8H10Cl2N2O2/c1-4(3-13)11-8(14)6-2-5(9)7(10)12-6/h2,4,12-13H,3H2,1H3,(H,11,14). The molecule has 0 aliphatic carbocycles. The molecule has 1 aromatic rings. The van der Waals surface area contributed by atoms with Gasteiger partial charge >= 0.3 is 0 Å². The summed E-state index contributed by atoms with van der Waals surface area (Å²) in [5.74, 6) is -0.347. The molecular formula is C8H10Cl2N2O2. The smallest absolute Gasteiger partial charge is 0.268 e. The molecule has 78 valence electrons. The second kappa shape index (κ2) is 4.68. The van der Waals surface area contributed by atoms with Crippen molar-refractivity contribution in [3.8, 4) is 0 Å². The van der Waals surface area contributed by atoms with Gasteiger partial charge in [-0.05, 0) is 13.0 Å². The Morgan fingerprint density at radius 3 is 2.79 bits per heavy atom. The lowest BCUT2D eigenvalue weighted by Crippen LogP contribution is -2.35. The molecule has 6 heteroatoms. The third-order valence-electron chi connectivity index (χ3n) is 1.62. The van der Waals surface area contributed by atoms with Gasteiger partial charge in [0.15, 0.2) is 0 Å². The highest BCUT2D eigenvalue weighted by molar-refractivity contribution is 6.41. The number of carbonyl (C=O) groups excluding carboxylic acids is 1. The Kier molecular flexibility index (Phi) is 3.80. The van der Waals surface area contributed by atoms with Gasteiger partial charge in [-0.2, -0.15) is 0 Å². The molecule has 0 aromatic carbocycles. The van der Waals surface area contributed by atoms with Crippen LogP contribution in [0, 0.1) is 0 Å². The molecule has 0 aliphatic rings. The lowest BCUT2D eigenvalue weighted by molar-refractivity contribution is 0.0918. The molecule has 0 aliphatic heterocycles. The van der Waals surface area contributed by atoms with Gasteiger partial charge in [-0.1, -0.05) is 23.2 Å². The fraction of sp³-hybridized carbons (Fsp3) is 0.375. The highest BCUT2D eigenvalue weighted by atomic mass is 35.5. The molecule has 0 radical (unpaired) electrons. The summed E-state index contributed by atoms with van der Waals surface area (Å²) in [5, 5.41) is 11.8. The monoisotopic (exact) mass is 236 g/mol. The Hall–Kier alpha value is -0.710. The number of aromatic nitrogens is 1. The summed E-state index contributed by atoms with van der Waals surface area (Å²) in [7, 11) is 0. The number of hydrogen-bond donors (Lipinski definition) is 3. The van der Waals surface area contributed by atoms with Crippen LogP contribution in [0.5, 0.6) is 0 Å². The summed E-state index contributed by atoms with van der Waals surface area (Å²) >= 11 is 11.3. The van der Waals surface area contributed by atoms with Crippen LogP contribution in [-0.4, -0.2) is 28.6 Å². The minimum absolute atomic E-state index is 0.117. The third-order valence-corrected chi connectivity index (χ3v) is 2.31. The van der Waals surface area contributed by atoms with Crippen molar-refractivity contribution in [2.45, 2.75) is 13.0 Å². The summed E-state index contributed by atoms with van der Waals surface area (Å²) in [6, 6.07) is 1.13. The van der Waals surface area contributed by atoms with Crippen LogP contribution in [0.3, 0.4) is 0 Å². The van der Waals surface area contributed by atoms with Crippen LogP contribution in [0.15, 0.2) is 6.07 Å². The van der Waals surface area contributed by atoms with Crippen molar-refractivity contribution in [1.82, 2.24) is 10.3 Å². The van der Waals surface area contributed by atoms with E-state index in [0.29, 0.717) is 5.02 Å². The van der Waals surface area contributed by atoms with E-state index in [-0.39, 0.29) is 29.4 Å². The van der Waals surface area contributed by atoms with Gasteiger partial charge < -0.3 is 15.4 Å². The minimum Gasteiger partial charge on any atom is -0.394 e. The van der Waals surface area contributed by atoms with E-state index in [1.54, 1.807) is 6.92 Å². The van der Waals surface area contributed by atoms with Gasteiger partial charge in [0.25, 0.3) is 5.91 Å². The maximum absolute atomic E-state index is 11.4. The number of H-pyrrole nitrogens is 1. The summed E-state index contributed by atoms with van der Waals surface area (Å²) in [5.41, 5.74) is 0.278. The summed E-state index contributed by atoms with van der Waals surface area (Å²) in [6.07, 6.45) is 0. The van der Waals surface area contributed by atoms with Gasteiger partial charge in [-0.25, -0.2) is 0 Å². The fourth-order valence-corrected chi connectivity index (χ4v) is 1.19. The largest absolute Gasteiger partial charge is 0.394 e. The number of aliphatic hydroxyl groups is 1. The molecular weight excluding hydrogens is 227 g/mol. The second-order valence-electron chi connectivity index (χ2n) is 2.90. The number of aliphatic hydroxyl groups excluding tert-OH is 1. The Balaban J connectivity index is 2.70. The van der Waals surface area contributed by atoms with Crippen LogP contribution < -0.4 is 5.32 Å². The average molecular weight is 237 g/mol. The van der Waals surface area contributed by atoms with Crippen LogP contribution in [0.1, 0.15) is 17.4 Å². The average Bonchev–Trinajstić information content (AvgIpc) is 2.47. The molecule has 14 heavy (non-hydrogen) atoms. The summed E-state index contributed by atoms with van der Waals surface area (Å²) in [4.78, 5) is 14.0. The first-order valence-electron chi connectivity index (χ1n) is 4.00. The molecule has 1 unspecified atom stereocenters. The molecule has 3 N–H and O–H groups in total. The van der Waals surface area contributed by atoms with Gasteiger partial charge in [0.05, 0.1) is 11.6 Å². The van der Waals surface area contributed by atoms with E-state index >= 15 is 0 Å². The highest BCUT2D eigenvalue weighted by Gasteiger charge is 2.13. The molecule has 0 bridgehead atoms. The van der Waals surface area contributed by atoms with E-state index in [4.69, 9.17) is 28.3 Å². The van der Waals surface area contributed by atoms with E-state index in [0.717, 1.165) is 0 Å². The Bertz CT molecular complexity index is 319. The number of carbonyl (C=O) groups is 1. The SMILES string of the molecule is CC(CO)NC(=O)c1cc(Cl)c(Cl)[nH]1. The van der Waals surface area contributed by atoms with Gasteiger partial charge in [0.1, 0.15) is 10.8 Å². The summed E-state index contributed by atoms with van der Waals surface area (Å²) in [6.45, 7) is 1.57. The molecule has 0 saturated carbocycles. The van der Waals surface area contributed by atoms with Crippen molar-refractivity contribution in [2.75, 3.05) is 6.61 Å². The van der Waals surface area contributed by atoms with E-state index in [9.17, 15) is 4.79 Å². The topological polar surface area (TPSA) is 65.1 Å². The number of nitrogens with one attached hydrogen (secondary N) is 2. The molecule has 4 nitrogen and oxygen atoms in total. The first-order chi connectivity index (χ1) is 6.54. The molecule has 1 rings (SSSR count). The van der Waals surface area contributed by atoms with Crippen molar-refractivity contribution in [3.05, 3.63) is 21.9 Å². The molecule has 1 atom stereocenters. The normalized spacial score (nSPS) is 12.6. The fourth-order valence-electron chi connectivity index (χ4n) is 0.874. The van der Waals surface area contributed by atoms with Gasteiger partial charge in [0, 0.05) is 6.04 Å². The van der Waals surface area contributed by atoms with Crippen molar-refractivity contribution in [2.24, 2.45) is 0 Å². The lowest BCUT2D eigenvalue weighted by atomic mass is 10.3. The lowest BCUT2D eigenvalue weighted by Gasteiger charge is -2.08. The third kappa shape index (κ3) is 2.64. The predicted molar refractivity (Wildman–Crippen MR) is 54.8 cm³/mol. The number of hydrogen-bond acceptors (Lipinski definition) is 2. The first-order valence-corrected chi connectivity index (χ1v) is 4.76. The van der Waals surface area contributed by atoms with Gasteiger partial charge in [-0.3, -0.25) is 4.79 Å². The van der Waals surface area contributed by atoms with E-state index < -0.39 is 0 Å². The highest BCUT2D eigenvalue weighted by Crippen LogP contribution is 2.21. The molecule has 1 heterocycles. The van der Waals surface area contributed by atoms with E-state index in [2.05, 4.69) is 10.3 Å². The molecule has 0 spiro atoms. The van der Waals surface area contributed by atoms with Crippen molar-refractivity contribution < 1.29 is 9.90 Å². The van der Waals surface area contributed by atoms with Gasteiger partial charge in [0.2, 0.25) is 0 Å². The van der Waals surface area contributed by atoms with Gasteiger partial charge in [-0.15, -0.1) is 0 Å². The van der Waals surface area contributed by atoms with Crippen molar-refractivity contribution in [1.29, 1.82) is 0 Å². The maximum Gasteiger partial charge on any atom is 0.268 e. The zero-order chi connectivity index (χ0) is 10.7. The molecule has 1 aromatic heterocycles. The minimum atomic E-state index is -0.347. The number of halogens is 2. The number of amides is 1. The molecule has 0 fully saturated rings. The maximum atomic E-state index is 11.4. The molecule has 0 saturated heterocycles. The zero-order valence-electron chi connectivity index (χ0n) is 7.47. The van der Waals surface area contributed by atoms with Crippen LogP contribution in [0.2, 0.25) is 10.2 Å². The Morgan fingerprint density at radius 2 is 2.36 bits per heavy atom. The second-order valence-corrected chi connectivity index (χ2v) is 3.69. The Labute approximate surface area is 91.2 Å². The quantitative estimate of drug-likeness (QED) is 0.744. The van der Waals surface area contributed by atoms with Crippen molar-refractivity contribution in [3.63, 3.8) is 0 Å². The van der Waals surface area contributed by atoms with Crippen LogP contribution in [0.25, 0.3) is 0 Å². The van der Waals surface area contributed by atoms with Crippen molar-refractivity contribution >= 4 is 29.1 Å². The van der Waals surface area contributed by atoms with Crippen LogP contribution >= 0.6 is 23.2 Å². The first kappa shape index (κ1) is 11.4.